The smallest absolute Gasteiger partial charge is 0.270 e. The Balaban J connectivity index is 1.59. The zero-order valence-corrected chi connectivity index (χ0v) is 13.9. The minimum atomic E-state index is -0.370. The lowest BCUT2D eigenvalue weighted by molar-refractivity contribution is -0.118. The number of carbonyl (C=O) groups is 1. The molecule has 0 aliphatic heterocycles. The molecule has 25 heavy (non-hydrogen) atoms. The van der Waals surface area contributed by atoms with E-state index >= 15 is 0 Å². The van der Waals surface area contributed by atoms with Crippen LogP contribution in [0.1, 0.15) is 5.56 Å². The van der Waals surface area contributed by atoms with Crippen LogP contribution in [0.2, 0.25) is 0 Å². The van der Waals surface area contributed by atoms with Gasteiger partial charge in [-0.2, -0.15) is 4.98 Å². The molecule has 0 spiro atoms. The number of anilines is 1. The van der Waals surface area contributed by atoms with Crippen LogP contribution in [0.5, 0.6) is 11.5 Å². The van der Waals surface area contributed by atoms with Crippen LogP contribution in [-0.2, 0) is 4.79 Å². The maximum absolute atomic E-state index is 12.0. The van der Waals surface area contributed by atoms with Gasteiger partial charge in [0.25, 0.3) is 17.7 Å². The number of nitrogens with one attached hydrogen (secondary N) is 1. The summed E-state index contributed by atoms with van der Waals surface area (Å²) >= 11 is 0. The first-order valence-corrected chi connectivity index (χ1v) is 7.62. The number of hydrogen-bond acceptors (Lipinski definition) is 6. The van der Waals surface area contributed by atoms with E-state index in [0.717, 1.165) is 16.9 Å². The average molecular weight is 339 g/mol. The topological polar surface area (TPSA) is 86.5 Å². The molecule has 1 N–H and O–H groups in total. The molecule has 0 fully saturated rings. The number of methoxy groups -OCH3 is 1. The molecule has 0 saturated carbocycles. The summed E-state index contributed by atoms with van der Waals surface area (Å²) in [6, 6.07) is 14.6. The highest BCUT2D eigenvalue weighted by molar-refractivity contribution is 5.90. The molecular weight excluding hydrogens is 322 g/mol. The quantitative estimate of drug-likeness (QED) is 0.743. The second-order valence-electron chi connectivity index (χ2n) is 5.25. The monoisotopic (exact) mass is 339 g/mol. The van der Waals surface area contributed by atoms with Crippen molar-refractivity contribution in [2.75, 3.05) is 19.0 Å². The van der Waals surface area contributed by atoms with Gasteiger partial charge in [0.15, 0.2) is 6.61 Å². The molecule has 128 valence electrons. The van der Waals surface area contributed by atoms with Crippen molar-refractivity contribution in [1.82, 2.24) is 10.1 Å². The SMILES string of the molecule is COc1ccc(-c2nc(NC(=O)COc3ccccc3C)no2)cc1. The van der Waals surface area contributed by atoms with Crippen molar-refractivity contribution in [3.63, 3.8) is 0 Å². The first-order valence-electron chi connectivity index (χ1n) is 7.62. The van der Waals surface area contributed by atoms with Crippen LogP contribution < -0.4 is 14.8 Å². The van der Waals surface area contributed by atoms with Crippen LogP contribution in [0.4, 0.5) is 5.95 Å². The van der Waals surface area contributed by atoms with E-state index in [1.807, 2.05) is 25.1 Å². The summed E-state index contributed by atoms with van der Waals surface area (Å²) in [7, 11) is 1.59. The normalized spacial score (nSPS) is 10.3. The molecule has 3 aromatic rings. The van der Waals surface area contributed by atoms with Crippen molar-refractivity contribution < 1.29 is 18.8 Å². The molecule has 0 aliphatic rings. The lowest BCUT2D eigenvalue weighted by Gasteiger charge is -2.07. The van der Waals surface area contributed by atoms with E-state index in [-0.39, 0.29) is 18.5 Å². The van der Waals surface area contributed by atoms with Crippen LogP contribution in [0.3, 0.4) is 0 Å². The van der Waals surface area contributed by atoms with Gasteiger partial charge in [-0.15, -0.1) is 0 Å². The summed E-state index contributed by atoms with van der Waals surface area (Å²) in [5, 5.41) is 6.28. The van der Waals surface area contributed by atoms with Gasteiger partial charge in [0.1, 0.15) is 11.5 Å². The third kappa shape index (κ3) is 4.14. The molecule has 1 heterocycles. The van der Waals surface area contributed by atoms with Crippen molar-refractivity contribution in [3.8, 4) is 23.0 Å². The summed E-state index contributed by atoms with van der Waals surface area (Å²) < 4.78 is 15.7. The van der Waals surface area contributed by atoms with Crippen molar-refractivity contribution >= 4 is 11.9 Å². The van der Waals surface area contributed by atoms with E-state index in [4.69, 9.17) is 14.0 Å². The highest BCUT2D eigenvalue weighted by Gasteiger charge is 2.12. The predicted octanol–water partition coefficient (Wildman–Crippen LogP) is 3.07. The molecule has 1 amide bonds. The highest BCUT2D eigenvalue weighted by Crippen LogP contribution is 2.21. The van der Waals surface area contributed by atoms with Gasteiger partial charge >= 0.3 is 0 Å². The van der Waals surface area contributed by atoms with E-state index in [2.05, 4.69) is 15.5 Å². The number of hydrogen-bond donors (Lipinski definition) is 1. The number of nitrogens with zero attached hydrogens (tertiary/aromatic N) is 2. The largest absolute Gasteiger partial charge is 0.497 e. The second kappa shape index (κ2) is 7.48. The number of aryl methyl sites for hydroxylation is 1. The third-order valence-electron chi connectivity index (χ3n) is 3.47. The Morgan fingerprint density at radius 3 is 2.64 bits per heavy atom. The van der Waals surface area contributed by atoms with E-state index in [9.17, 15) is 4.79 Å². The van der Waals surface area contributed by atoms with E-state index in [1.54, 1.807) is 37.4 Å². The van der Waals surface area contributed by atoms with Gasteiger partial charge in [0.2, 0.25) is 0 Å². The molecule has 0 atom stereocenters. The Labute approximate surface area is 144 Å². The van der Waals surface area contributed by atoms with Gasteiger partial charge in [-0.1, -0.05) is 18.2 Å². The Hall–Kier alpha value is -3.35. The van der Waals surface area contributed by atoms with E-state index < -0.39 is 0 Å². The number of aromatic nitrogens is 2. The zero-order valence-electron chi connectivity index (χ0n) is 13.9. The molecule has 7 nitrogen and oxygen atoms in total. The van der Waals surface area contributed by atoms with E-state index in [1.165, 1.54) is 0 Å². The van der Waals surface area contributed by atoms with E-state index in [0.29, 0.717) is 11.6 Å². The number of rotatable bonds is 6. The first kappa shape index (κ1) is 16.5. The fourth-order valence-corrected chi connectivity index (χ4v) is 2.15. The first-order chi connectivity index (χ1) is 12.2. The van der Waals surface area contributed by atoms with Crippen LogP contribution in [-0.4, -0.2) is 29.8 Å². The summed E-state index contributed by atoms with van der Waals surface area (Å²) in [6.07, 6.45) is 0. The van der Waals surface area contributed by atoms with Gasteiger partial charge in [0.05, 0.1) is 7.11 Å². The number of ether oxygens (including phenoxy) is 2. The number of para-hydroxylation sites is 1. The second-order valence-corrected chi connectivity index (χ2v) is 5.25. The number of carbonyl (C=O) groups excluding carboxylic acids is 1. The predicted molar refractivity (Wildman–Crippen MR) is 91.6 cm³/mol. The maximum Gasteiger partial charge on any atom is 0.270 e. The molecule has 0 radical (unpaired) electrons. The minimum Gasteiger partial charge on any atom is -0.497 e. The molecule has 0 saturated heterocycles. The summed E-state index contributed by atoms with van der Waals surface area (Å²) in [4.78, 5) is 16.1. The summed E-state index contributed by atoms with van der Waals surface area (Å²) in [5.74, 6) is 1.40. The molecule has 0 bridgehead atoms. The van der Waals surface area contributed by atoms with Gasteiger partial charge in [0, 0.05) is 5.56 Å². The third-order valence-corrected chi connectivity index (χ3v) is 3.47. The fraction of sp³-hybridized carbons (Fsp3) is 0.167. The molecule has 0 aliphatic carbocycles. The lowest BCUT2D eigenvalue weighted by Crippen LogP contribution is -2.21. The van der Waals surface area contributed by atoms with Gasteiger partial charge in [-0.3, -0.25) is 10.1 Å². The standard InChI is InChI=1S/C18H17N3O4/c1-12-5-3-4-6-15(12)24-11-16(22)19-18-20-17(25-21-18)13-7-9-14(23-2)10-8-13/h3-10H,11H2,1-2H3,(H,19,21,22). The number of benzene rings is 2. The summed E-state index contributed by atoms with van der Waals surface area (Å²) in [6.45, 7) is 1.77. The molecule has 3 rings (SSSR count). The van der Waals surface area contributed by atoms with Gasteiger partial charge in [-0.25, -0.2) is 0 Å². The van der Waals surface area contributed by atoms with Crippen LogP contribution in [0, 0.1) is 6.92 Å². The van der Waals surface area contributed by atoms with Crippen molar-refractivity contribution in [3.05, 3.63) is 54.1 Å². The van der Waals surface area contributed by atoms with Gasteiger partial charge < -0.3 is 14.0 Å². The van der Waals surface area contributed by atoms with Crippen LogP contribution >= 0.6 is 0 Å². The summed E-state index contributed by atoms with van der Waals surface area (Å²) in [5.41, 5.74) is 1.68. The molecule has 2 aromatic carbocycles. The Bertz CT molecular complexity index is 859. The van der Waals surface area contributed by atoms with Crippen LogP contribution in [0.25, 0.3) is 11.5 Å². The van der Waals surface area contributed by atoms with Crippen LogP contribution in [0.15, 0.2) is 53.1 Å². The Morgan fingerprint density at radius 1 is 1.16 bits per heavy atom. The lowest BCUT2D eigenvalue weighted by atomic mass is 10.2. The Morgan fingerprint density at radius 2 is 1.92 bits per heavy atom. The van der Waals surface area contributed by atoms with Crippen molar-refractivity contribution in [2.45, 2.75) is 6.92 Å². The molecule has 7 heteroatoms. The maximum atomic E-state index is 12.0. The molecular formula is C18H17N3O4. The molecule has 0 unspecified atom stereocenters. The Kier molecular flexibility index (Phi) is 4.94. The minimum absolute atomic E-state index is 0.0872. The van der Waals surface area contributed by atoms with Gasteiger partial charge in [-0.05, 0) is 48.0 Å². The van der Waals surface area contributed by atoms with Crippen molar-refractivity contribution in [2.24, 2.45) is 0 Å². The highest BCUT2D eigenvalue weighted by atomic mass is 16.5. The molecule has 1 aromatic heterocycles. The average Bonchev–Trinajstić information content (AvgIpc) is 3.09. The van der Waals surface area contributed by atoms with Crippen molar-refractivity contribution in [1.29, 1.82) is 0 Å². The fourth-order valence-electron chi connectivity index (χ4n) is 2.15. The number of amides is 1. The zero-order chi connectivity index (χ0) is 17.6.